The summed E-state index contributed by atoms with van der Waals surface area (Å²) in [6.07, 6.45) is -1.69. The lowest BCUT2D eigenvalue weighted by molar-refractivity contribution is -0.143. The maximum absolute atomic E-state index is 13.1. The second-order valence-electron chi connectivity index (χ2n) is 8.72. The minimum Gasteiger partial charge on any atom is -0.508 e. The normalized spacial score (nSPS) is 14.8. The highest BCUT2D eigenvalue weighted by atomic mass is 16.4. The van der Waals surface area contributed by atoms with Gasteiger partial charge in [0.25, 0.3) is 0 Å². The molecule has 2 aromatic rings. The molecule has 10 N–H and O–H groups in total. The van der Waals surface area contributed by atoms with Crippen LogP contribution in [0.5, 0.6) is 11.5 Å². The highest BCUT2D eigenvalue weighted by molar-refractivity contribution is 5.94. The summed E-state index contributed by atoms with van der Waals surface area (Å²) in [4.78, 5) is 50.1. The molecule has 0 fully saturated rings. The molecule has 0 aliphatic heterocycles. The quantitative estimate of drug-likeness (QED) is 0.139. The first-order chi connectivity index (χ1) is 17.9. The Labute approximate surface area is 218 Å². The number of hydrogen-bond acceptors (Lipinski definition) is 9. The molecular weight excluding hydrogens is 500 g/mol. The number of rotatable bonds is 13. The number of aromatic hydroxyl groups is 2. The van der Waals surface area contributed by atoms with E-state index in [1.165, 1.54) is 55.5 Å². The van der Waals surface area contributed by atoms with Gasteiger partial charge in [0.15, 0.2) is 0 Å². The van der Waals surface area contributed by atoms with Gasteiger partial charge in [-0.3, -0.25) is 14.4 Å². The van der Waals surface area contributed by atoms with Crippen LogP contribution < -0.4 is 21.7 Å². The number of carbonyl (C=O) groups excluding carboxylic acids is 3. The van der Waals surface area contributed by atoms with Crippen molar-refractivity contribution in [1.29, 1.82) is 0 Å². The molecule has 5 unspecified atom stereocenters. The monoisotopic (exact) mass is 532 g/mol. The van der Waals surface area contributed by atoms with Gasteiger partial charge in [-0.15, -0.1) is 0 Å². The summed E-state index contributed by atoms with van der Waals surface area (Å²) < 4.78 is 0. The standard InChI is InChI=1S/C25H32N4O9/c1-13(31)21(24(36)28-20(25(37)38)11-15-4-8-17(33)9-5-15)29-23(35)19(27-22(34)18(26)12-30)10-14-2-6-16(32)7-3-14/h2-9,13,18-21,30-33H,10-12,26H2,1H3,(H,27,34)(H,28,36)(H,29,35)(H,37,38). The van der Waals surface area contributed by atoms with Crippen LogP contribution in [0.15, 0.2) is 48.5 Å². The van der Waals surface area contributed by atoms with Crippen molar-refractivity contribution in [3.05, 3.63) is 59.7 Å². The Kier molecular flexibility index (Phi) is 11.0. The van der Waals surface area contributed by atoms with Crippen molar-refractivity contribution in [3.63, 3.8) is 0 Å². The van der Waals surface area contributed by atoms with Gasteiger partial charge in [-0.25, -0.2) is 4.79 Å². The number of aliphatic hydroxyl groups excluding tert-OH is 2. The van der Waals surface area contributed by atoms with E-state index in [1.54, 1.807) is 0 Å². The number of nitrogens with two attached hydrogens (primary N) is 1. The van der Waals surface area contributed by atoms with E-state index in [2.05, 4.69) is 16.0 Å². The summed E-state index contributed by atoms with van der Waals surface area (Å²) in [5.41, 5.74) is 6.56. The molecule has 0 aromatic heterocycles. The van der Waals surface area contributed by atoms with Gasteiger partial charge in [0.1, 0.15) is 35.7 Å². The third-order valence-electron chi connectivity index (χ3n) is 5.60. The van der Waals surface area contributed by atoms with Gasteiger partial charge in [0.2, 0.25) is 17.7 Å². The zero-order chi connectivity index (χ0) is 28.4. The number of aliphatic hydroxyl groups is 2. The number of aliphatic carboxylic acids is 1. The zero-order valence-electron chi connectivity index (χ0n) is 20.6. The first-order valence-corrected chi connectivity index (χ1v) is 11.7. The van der Waals surface area contributed by atoms with Crippen LogP contribution in [-0.4, -0.2) is 86.1 Å². The SMILES string of the molecule is CC(O)C(NC(=O)C(Cc1ccc(O)cc1)NC(=O)C(N)CO)C(=O)NC(Cc1ccc(O)cc1)C(=O)O. The van der Waals surface area contributed by atoms with Crippen LogP contribution in [0, 0.1) is 0 Å². The zero-order valence-corrected chi connectivity index (χ0v) is 20.6. The van der Waals surface area contributed by atoms with Gasteiger partial charge in [0, 0.05) is 12.8 Å². The van der Waals surface area contributed by atoms with E-state index >= 15 is 0 Å². The highest BCUT2D eigenvalue weighted by Gasteiger charge is 2.33. The largest absolute Gasteiger partial charge is 0.508 e. The number of benzene rings is 2. The molecule has 2 aromatic carbocycles. The number of phenols is 2. The van der Waals surface area contributed by atoms with Crippen LogP contribution in [0.2, 0.25) is 0 Å². The second-order valence-corrected chi connectivity index (χ2v) is 8.72. The Morgan fingerprint density at radius 3 is 1.63 bits per heavy atom. The van der Waals surface area contributed by atoms with E-state index in [1.807, 2.05) is 0 Å². The number of nitrogens with one attached hydrogen (secondary N) is 3. The molecule has 0 radical (unpaired) electrons. The van der Waals surface area contributed by atoms with E-state index in [-0.39, 0.29) is 24.3 Å². The van der Waals surface area contributed by atoms with E-state index in [0.29, 0.717) is 11.1 Å². The summed E-state index contributed by atoms with van der Waals surface area (Å²) >= 11 is 0. The molecule has 0 saturated heterocycles. The van der Waals surface area contributed by atoms with Gasteiger partial charge < -0.3 is 47.2 Å². The Balaban J connectivity index is 2.19. The molecule has 0 bridgehead atoms. The Bertz CT molecular complexity index is 1110. The van der Waals surface area contributed by atoms with E-state index in [9.17, 15) is 39.6 Å². The first-order valence-electron chi connectivity index (χ1n) is 11.7. The van der Waals surface area contributed by atoms with Crippen LogP contribution in [0.3, 0.4) is 0 Å². The molecule has 5 atom stereocenters. The summed E-state index contributed by atoms with van der Waals surface area (Å²) in [6.45, 7) is 0.533. The third-order valence-corrected chi connectivity index (χ3v) is 5.60. The van der Waals surface area contributed by atoms with Crippen LogP contribution in [-0.2, 0) is 32.0 Å². The molecule has 13 heteroatoms. The van der Waals surface area contributed by atoms with E-state index in [0.717, 1.165) is 0 Å². The van der Waals surface area contributed by atoms with E-state index < -0.39 is 60.6 Å². The molecule has 3 amide bonds. The third kappa shape index (κ3) is 9.03. The van der Waals surface area contributed by atoms with Gasteiger partial charge in [-0.1, -0.05) is 24.3 Å². The van der Waals surface area contributed by atoms with Gasteiger partial charge >= 0.3 is 5.97 Å². The molecule has 0 saturated carbocycles. The predicted molar refractivity (Wildman–Crippen MR) is 134 cm³/mol. The Hall–Kier alpha value is -4.20. The molecule has 0 spiro atoms. The number of phenolic OH excluding ortho intramolecular Hbond substituents is 2. The fourth-order valence-electron chi connectivity index (χ4n) is 3.43. The number of carboxylic acid groups (broad SMARTS) is 1. The fraction of sp³-hybridized carbons (Fsp3) is 0.360. The van der Waals surface area contributed by atoms with Crippen molar-refractivity contribution in [1.82, 2.24) is 16.0 Å². The molecule has 13 nitrogen and oxygen atoms in total. The van der Waals surface area contributed by atoms with Crippen LogP contribution in [0.25, 0.3) is 0 Å². The van der Waals surface area contributed by atoms with Crippen LogP contribution in [0.4, 0.5) is 0 Å². The molecule has 0 heterocycles. The minimum atomic E-state index is -1.59. The Morgan fingerprint density at radius 2 is 1.21 bits per heavy atom. The van der Waals surface area contributed by atoms with E-state index in [4.69, 9.17) is 10.8 Å². The average molecular weight is 533 g/mol. The lowest BCUT2D eigenvalue weighted by Gasteiger charge is -2.26. The summed E-state index contributed by atoms with van der Waals surface area (Å²) in [6, 6.07) is 5.83. The number of carbonyl (C=O) groups is 4. The van der Waals surface area contributed by atoms with Crippen molar-refractivity contribution < 1.29 is 44.7 Å². The van der Waals surface area contributed by atoms with Crippen molar-refractivity contribution in [2.24, 2.45) is 5.73 Å². The maximum atomic E-state index is 13.1. The molecule has 38 heavy (non-hydrogen) atoms. The summed E-state index contributed by atoms with van der Waals surface area (Å²) in [5, 5.41) is 54.8. The second kappa shape index (κ2) is 13.9. The van der Waals surface area contributed by atoms with Crippen molar-refractivity contribution in [2.45, 2.75) is 50.0 Å². The van der Waals surface area contributed by atoms with Gasteiger partial charge in [-0.2, -0.15) is 0 Å². The summed E-state index contributed by atoms with van der Waals surface area (Å²) in [7, 11) is 0. The van der Waals surface area contributed by atoms with Gasteiger partial charge in [-0.05, 0) is 42.3 Å². The number of carboxylic acids is 1. The van der Waals surface area contributed by atoms with Crippen molar-refractivity contribution in [3.8, 4) is 11.5 Å². The topological polar surface area (TPSA) is 232 Å². The number of amides is 3. The fourth-order valence-corrected chi connectivity index (χ4v) is 3.43. The predicted octanol–water partition coefficient (Wildman–Crippen LogP) is -1.88. The molecule has 0 aliphatic carbocycles. The average Bonchev–Trinajstić information content (AvgIpc) is 2.87. The maximum Gasteiger partial charge on any atom is 0.326 e. The lowest BCUT2D eigenvalue weighted by atomic mass is 10.0. The Morgan fingerprint density at radius 1 is 0.763 bits per heavy atom. The first kappa shape index (κ1) is 30.0. The highest BCUT2D eigenvalue weighted by Crippen LogP contribution is 2.13. The molecular formula is C25H32N4O9. The van der Waals surface area contributed by atoms with Gasteiger partial charge in [0.05, 0.1) is 12.7 Å². The minimum absolute atomic E-state index is 0.0181. The van der Waals surface area contributed by atoms with Crippen molar-refractivity contribution in [2.75, 3.05) is 6.61 Å². The smallest absolute Gasteiger partial charge is 0.326 e. The molecule has 206 valence electrons. The molecule has 2 rings (SSSR count). The molecule has 0 aliphatic rings. The number of hydrogen-bond donors (Lipinski definition) is 9. The van der Waals surface area contributed by atoms with Crippen LogP contribution in [0.1, 0.15) is 18.1 Å². The van der Waals surface area contributed by atoms with Crippen molar-refractivity contribution >= 4 is 23.7 Å². The van der Waals surface area contributed by atoms with Crippen LogP contribution >= 0.6 is 0 Å². The lowest BCUT2D eigenvalue weighted by Crippen LogP contribution is -2.60. The summed E-state index contributed by atoms with van der Waals surface area (Å²) in [5.74, 6) is -4.12.